The van der Waals surface area contributed by atoms with Crippen molar-refractivity contribution in [3.05, 3.63) is 24.0 Å². The van der Waals surface area contributed by atoms with Crippen LogP contribution in [-0.2, 0) is 4.79 Å². The van der Waals surface area contributed by atoms with Crippen LogP contribution in [0.15, 0.2) is 18.3 Å². The molecule has 88 valence electrons. The van der Waals surface area contributed by atoms with E-state index in [-0.39, 0.29) is 12.0 Å². The van der Waals surface area contributed by atoms with E-state index in [1.165, 1.54) is 0 Å². The zero-order valence-corrected chi connectivity index (χ0v) is 9.50. The lowest BCUT2D eigenvalue weighted by Gasteiger charge is -2.25. The number of carbonyl (C=O) groups is 1. The summed E-state index contributed by atoms with van der Waals surface area (Å²) in [4.78, 5) is 17.0. The minimum Gasteiger partial charge on any atom is -0.481 e. The molecule has 0 spiro atoms. The predicted molar refractivity (Wildman–Crippen MR) is 61.5 cm³/mol. The number of anilines is 1. The molecular weight excluding hydrogens is 218 g/mol. The van der Waals surface area contributed by atoms with Crippen molar-refractivity contribution in [1.29, 1.82) is 5.26 Å². The van der Waals surface area contributed by atoms with E-state index in [0.29, 0.717) is 18.7 Å². The highest BCUT2D eigenvalue weighted by Crippen LogP contribution is 2.31. The highest BCUT2D eigenvalue weighted by molar-refractivity contribution is 5.73. The number of hydrogen-bond donors (Lipinski definition) is 1. The van der Waals surface area contributed by atoms with Crippen LogP contribution in [0.1, 0.15) is 19.0 Å². The Hall–Kier alpha value is -2.09. The van der Waals surface area contributed by atoms with Crippen LogP contribution in [0.2, 0.25) is 0 Å². The maximum Gasteiger partial charge on any atom is 0.308 e. The Kier molecular flexibility index (Phi) is 2.96. The second kappa shape index (κ2) is 4.42. The largest absolute Gasteiger partial charge is 0.481 e. The average molecular weight is 231 g/mol. The molecular formula is C12H13N3O2. The molecule has 0 aromatic carbocycles. The van der Waals surface area contributed by atoms with Gasteiger partial charge in [-0.1, -0.05) is 0 Å². The maximum atomic E-state index is 11.0. The fourth-order valence-electron chi connectivity index (χ4n) is 2.32. The lowest BCUT2D eigenvalue weighted by molar-refractivity contribution is -0.141. The molecule has 0 radical (unpaired) electrons. The molecule has 1 saturated heterocycles. The van der Waals surface area contributed by atoms with Crippen molar-refractivity contribution in [2.75, 3.05) is 11.4 Å². The number of nitriles is 1. The molecule has 1 aliphatic heterocycles. The normalized spacial score (nSPS) is 23.4. The summed E-state index contributed by atoms with van der Waals surface area (Å²) < 4.78 is 0. The van der Waals surface area contributed by atoms with Gasteiger partial charge in [-0.25, -0.2) is 4.98 Å². The Morgan fingerprint density at radius 1 is 1.71 bits per heavy atom. The summed E-state index contributed by atoms with van der Waals surface area (Å²) in [5.74, 6) is -1.15. The summed E-state index contributed by atoms with van der Waals surface area (Å²) in [7, 11) is 0. The lowest BCUT2D eigenvalue weighted by Crippen LogP contribution is -2.33. The van der Waals surface area contributed by atoms with E-state index >= 15 is 0 Å². The van der Waals surface area contributed by atoms with Gasteiger partial charge in [-0.15, -0.1) is 0 Å². The van der Waals surface area contributed by atoms with Crippen LogP contribution in [0.5, 0.6) is 0 Å². The van der Waals surface area contributed by atoms with Crippen LogP contribution < -0.4 is 4.90 Å². The summed E-state index contributed by atoms with van der Waals surface area (Å²) in [5, 5.41) is 18.1. The molecule has 1 N–H and O–H groups in total. The van der Waals surface area contributed by atoms with Crippen LogP contribution >= 0.6 is 0 Å². The van der Waals surface area contributed by atoms with E-state index in [4.69, 9.17) is 10.4 Å². The Bertz CT molecular complexity index is 481. The van der Waals surface area contributed by atoms with Crippen molar-refractivity contribution in [1.82, 2.24) is 4.98 Å². The SMILES string of the molecule is CC1C(C(=O)O)CCN1c1cccnc1C#N. The molecule has 1 aliphatic rings. The Balaban J connectivity index is 2.31. The van der Waals surface area contributed by atoms with Crippen molar-refractivity contribution in [2.24, 2.45) is 5.92 Å². The minimum atomic E-state index is -0.776. The van der Waals surface area contributed by atoms with Crippen LogP contribution in [0.4, 0.5) is 5.69 Å². The standard InChI is InChI=1S/C12H13N3O2/c1-8-9(12(16)17)4-6-15(8)11-3-2-5-14-10(11)7-13/h2-3,5,8-9H,4,6H2,1H3,(H,16,17). The third kappa shape index (κ3) is 1.94. The van der Waals surface area contributed by atoms with E-state index in [0.717, 1.165) is 5.69 Å². The molecule has 0 amide bonds. The van der Waals surface area contributed by atoms with Gasteiger partial charge in [0, 0.05) is 18.8 Å². The summed E-state index contributed by atoms with van der Waals surface area (Å²) >= 11 is 0. The number of aliphatic carboxylic acids is 1. The van der Waals surface area contributed by atoms with Gasteiger partial charge in [-0.05, 0) is 25.5 Å². The van der Waals surface area contributed by atoms with E-state index < -0.39 is 5.97 Å². The first-order valence-corrected chi connectivity index (χ1v) is 5.49. The highest BCUT2D eigenvalue weighted by Gasteiger charge is 2.36. The highest BCUT2D eigenvalue weighted by atomic mass is 16.4. The van der Waals surface area contributed by atoms with E-state index in [1.807, 2.05) is 24.0 Å². The molecule has 0 saturated carbocycles. The van der Waals surface area contributed by atoms with E-state index in [1.54, 1.807) is 12.3 Å². The van der Waals surface area contributed by atoms with Gasteiger partial charge < -0.3 is 10.0 Å². The third-order valence-electron chi connectivity index (χ3n) is 3.27. The molecule has 2 rings (SSSR count). The van der Waals surface area contributed by atoms with Gasteiger partial charge >= 0.3 is 5.97 Å². The zero-order valence-electron chi connectivity index (χ0n) is 9.50. The number of carboxylic acids is 1. The fraction of sp³-hybridized carbons (Fsp3) is 0.417. The third-order valence-corrected chi connectivity index (χ3v) is 3.27. The molecule has 5 nitrogen and oxygen atoms in total. The van der Waals surface area contributed by atoms with Gasteiger partial charge in [0.05, 0.1) is 11.6 Å². The van der Waals surface area contributed by atoms with Crippen LogP contribution in [0, 0.1) is 17.2 Å². The average Bonchev–Trinajstić information content (AvgIpc) is 2.71. The van der Waals surface area contributed by atoms with Crippen molar-refractivity contribution in [2.45, 2.75) is 19.4 Å². The minimum absolute atomic E-state index is 0.108. The van der Waals surface area contributed by atoms with Gasteiger partial charge in [0.15, 0.2) is 5.69 Å². The molecule has 1 aromatic heterocycles. The van der Waals surface area contributed by atoms with E-state index in [2.05, 4.69) is 4.98 Å². The Morgan fingerprint density at radius 2 is 2.47 bits per heavy atom. The summed E-state index contributed by atoms with van der Waals surface area (Å²) in [6.45, 7) is 2.53. The van der Waals surface area contributed by atoms with Crippen LogP contribution in [0.3, 0.4) is 0 Å². The predicted octanol–water partition coefficient (Wildman–Crippen LogP) is 1.25. The number of pyridine rings is 1. The van der Waals surface area contributed by atoms with Gasteiger partial charge in [0.2, 0.25) is 0 Å². The Morgan fingerprint density at radius 3 is 3.06 bits per heavy atom. The van der Waals surface area contributed by atoms with Gasteiger partial charge in [0.25, 0.3) is 0 Å². The summed E-state index contributed by atoms with van der Waals surface area (Å²) in [5.41, 5.74) is 1.08. The summed E-state index contributed by atoms with van der Waals surface area (Å²) in [6.07, 6.45) is 2.17. The van der Waals surface area contributed by atoms with Gasteiger partial charge in [-0.2, -0.15) is 5.26 Å². The van der Waals surface area contributed by atoms with Gasteiger partial charge in [0.1, 0.15) is 6.07 Å². The second-order valence-corrected chi connectivity index (χ2v) is 4.15. The van der Waals surface area contributed by atoms with Gasteiger partial charge in [-0.3, -0.25) is 4.79 Å². The van der Waals surface area contributed by atoms with Crippen molar-refractivity contribution in [3.63, 3.8) is 0 Å². The quantitative estimate of drug-likeness (QED) is 0.828. The van der Waals surface area contributed by atoms with Crippen LogP contribution in [0.25, 0.3) is 0 Å². The number of carboxylic acid groups (broad SMARTS) is 1. The zero-order chi connectivity index (χ0) is 12.4. The topological polar surface area (TPSA) is 77.2 Å². The molecule has 1 aromatic rings. The van der Waals surface area contributed by atoms with Crippen molar-refractivity contribution < 1.29 is 9.90 Å². The molecule has 2 heterocycles. The number of hydrogen-bond acceptors (Lipinski definition) is 4. The number of nitrogens with zero attached hydrogens (tertiary/aromatic N) is 3. The second-order valence-electron chi connectivity index (χ2n) is 4.15. The first-order valence-electron chi connectivity index (χ1n) is 5.49. The molecule has 2 unspecified atom stereocenters. The fourth-order valence-corrected chi connectivity index (χ4v) is 2.32. The van der Waals surface area contributed by atoms with Crippen LogP contribution in [-0.4, -0.2) is 28.6 Å². The first-order chi connectivity index (χ1) is 8.15. The summed E-state index contributed by atoms with van der Waals surface area (Å²) in [6, 6.07) is 5.50. The number of aromatic nitrogens is 1. The van der Waals surface area contributed by atoms with Crippen molar-refractivity contribution in [3.8, 4) is 6.07 Å². The molecule has 0 bridgehead atoms. The first kappa shape index (κ1) is 11.4. The monoisotopic (exact) mass is 231 g/mol. The lowest BCUT2D eigenvalue weighted by atomic mass is 10.0. The molecule has 5 heteroatoms. The smallest absolute Gasteiger partial charge is 0.308 e. The molecule has 2 atom stereocenters. The molecule has 17 heavy (non-hydrogen) atoms. The molecule has 0 aliphatic carbocycles. The maximum absolute atomic E-state index is 11.0. The Labute approximate surface area is 99.3 Å². The van der Waals surface area contributed by atoms with Crippen molar-refractivity contribution >= 4 is 11.7 Å². The molecule has 1 fully saturated rings. The number of rotatable bonds is 2. The van der Waals surface area contributed by atoms with E-state index in [9.17, 15) is 4.79 Å².